The van der Waals surface area contributed by atoms with Gasteiger partial charge in [-0.1, -0.05) is 0 Å². The summed E-state index contributed by atoms with van der Waals surface area (Å²) in [6.45, 7) is 0. The van der Waals surface area contributed by atoms with Crippen LogP contribution in [0, 0.1) is 3.70 Å². The van der Waals surface area contributed by atoms with Crippen LogP contribution in [0.5, 0.6) is 5.75 Å². The van der Waals surface area contributed by atoms with E-state index in [1.807, 2.05) is 22.6 Å². The second kappa shape index (κ2) is 6.60. The highest BCUT2D eigenvalue weighted by molar-refractivity contribution is 14.1. The van der Waals surface area contributed by atoms with E-state index in [1.54, 1.807) is 0 Å². The lowest BCUT2D eigenvalue weighted by Crippen LogP contribution is -2.20. The third-order valence-corrected chi connectivity index (χ3v) is 3.22. The largest absolute Gasteiger partial charge is 0.573 e. The van der Waals surface area contributed by atoms with Crippen molar-refractivity contribution < 1.29 is 27.4 Å². The summed E-state index contributed by atoms with van der Waals surface area (Å²) in [4.78, 5) is 15.0. The number of nitrogens with zero attached hydrogens (tertiary/aromatic N) is 1. The van der Waals surface area contributed by atoms with Crippen molar-refractivity contribution in [3.63, 3.8) is 0 Å². The summed E-state index contributed by atoms with van der Waals surface area (Å²) in [5.41, 5.74) is 0.234. The van der Waals surface area contributed by atoms with Crippen molar-refractivity contribution in [3.8, 4) is 5.75 Å². The topological polar surface area (TPSA) is 48.4 Å². The highest BCUT2D eigenvalue weighted by atomic mass is 127. The summed E-state index contributed by atoms with van der Waals surface area (Å²) < 4.78 is 45.5. The molecule has 0 N–H and O–H groups in total. The lowest BCUT2D eigenvalue weighted by molar-refractivity contribution is -0.275. The predicted molar refractivity (Wildman–Crippen MR) is 68.9 cm³/mol. The Balaban J connectivity index is 3.18. The number of methoxy groups -OCH3 is 1. The Morgan fingerprint density at radius 1 is 1.53 bits per heavy atom. The fourth-order valence-corrected chi connectivity index (χ4v) is 2.26. The fraction of sp³-hybridized carbons (Fsp3) is 0.400. The highest BCUT2D eigenvalue weighted by Gasteiger charge is 2.33. The molecule has 0 aliphatic heterocycles. The minimum absolute atomic E-state index is 0.0159. The fourth-order valence-electron chi connectivity index (χ4n) is 1.19. The molecule has 4 nitrogen and oxygen atoms in total. The van der Waals surface area contributed by atoms with Crippen LogP contribution in [0.1, 0.15) is 11.3 Å². The van der Waals surface area contributed by atoms with Gasteiger partial charge in [-0.2, -0.15) is 0 Å². The predicted octanol–water partition coefficient (Wildman–Crippen LogP) is 3.04. The number of carbonyl (C=O) groups is 1. The van der Waals surface area contributed by atoms with Crippen molar-refractivity contribution in [1.29, 1.82) is 0 Å². The minimum Gasteiger partial charge on any atom is -0.469 e. The van der Waals surface area contributed by atoms with Crippen LogP contribution in [0.15, 0.2) is 6.07 Å². The van der Waals surface area contributed by atoms with Gasteiger partial charge >= 0.3 is 12.3 Å². The Morgan fingerprint density at radius 3 is 2.63 bits per heavy atom. The molecule has 9 heteroatoms. The zero-order valence-corrected chi connectivity index (χ0v) is 12.5. The molecule has 106 valence electrons. The van der Waals surface area contributed by atoms with Crippen LogP contribution in [0.25, 0.3) is 0 Å². The number of alkyl halides is 4. The molecule has 0 amide bonds. The molecule has 0 bridgehead atoms. The van der Waals surface area contributed by atoms with E-state index in [0.29, 0.717) is 9.26 Å². The van der Waals surface area contributed by atoms with Crippen molar-refractivity contribution in [1.82, 2.24) is 4.98 Å². The Labute approximate surface area is 125 Å². The Hall–Kier alpha value is -0.770. The molecule has 0 spiro atoms. The number of hydrogen-bond acceptors (Lipinski definition) is 4. The molecule has 0 radical (unpaired) electrons. The van der Waals surface area contributed by atoms with Gasteiger partial charge < -0.3 is 9.47 Å². The lowest BCUT2D eigenvalue weighted by atomic mass is 10.2. The van der Waals surface area contributed by atoms with Crippen LogP contribution in [-0.2, 0) is 21.8 Å². The summed E-state index contributed by atoms with van der Waals surface area (Å²) in [5.74, 6) is -1.28. The standard InChI is InChI=1S/C10H8ClF3INO3/c1-18-8(17)3-6-7(19-10(12,13)14)2-5(4-11)9(15)16-6/h2H,3-4H2,1H3. The number of pyridine rings is 1. The zero-order valence-electron chi connectivity index (χ0n) is 9.55. The number of carbonyl (C=O) groups excluding carboxylic acids is 1. The van der Waals surface area contributed by atoms with Crippen molar-refractivity contribution in [2.45, 2.75) is 18.7 Å². The van der Waals surface area contributed by atoms with E-state index in [9.17, 15) is 18.0 Å². The molecule has 1 aromatic heterocycles. The Kier molecular flexibility index (Phi) is 5.65. The number of halogens is 5. The van der Waals surface area contributed by atoms with Gasteiger partial charge in [-0.3, -0.25) is 4.79 Å². The van der Waals surface area contributed by atoms with E-state index in [0.717, 1.165) is 13.2 Å². The van der Waals surface area contributed by atoms with Gasteiger partial charge in [0.1, 0.15) is 3.70 Å². The molecule has 1 rings (SSSR count). The highest BCUT2D eigenvalue weighted by Crippen LogP contribution is 2.29. The number of ether oxygens (including phenoxy) is 2. The molecule has 0 unspecified atom stereocenters. The number of esters is 1. The van der Waals surface area contributed by atoms with Crippen LogP contribution < -0.4 is 4.74 Å². The summed E-state index contributed by atoms with van der Waals surface area (Å²) in [6.07, 6.45) is -5.29. The summed E-state index contributed by atoms with van der Waals surface area (Å²) in [5, 5.41) is 0. The van der Waals surface area contributed by atoms with Gasteiger partial charge in [0.25, 0.3) is 0 Å². The molecule has 0 saturated carbocycles. The van der Waals surface area contributed by atoms with E-state index in [1.165, 1.54) is 0 Å². The molecule has 0 atom stereocenters. The van der Waals surface area contributed by atoms with E-state index >= 15 is 0 Å². The van der Waals surface area contributed by atoms with Crippen molar-refractivity contribution in [2.24, 2.45) is 0 Å². The first-order chi connectivity index (χ1) is 8.76. The summed E-state index contributed by atoms with van der Waals surface area (Å²) in [7, 11) is 1.13. The maximum atomic E-state index is 12.3. The van der Waals surface area contributed by atoms with E-state index < -0.39 is 24.5 Å². The van der Waals surface area contributed by atoms with Gasteiger partial charge in [-0.05, 0) is 28.7 Å². The van der Waals surface area contributed by atoms with Gasteiger partial charge in [-0.15, -0.1) is 24.8 Å². The number of aromatic nitrogens is 1. The van der Waals surface area contributed by atoms with Gasteiger partial charge in [0.2, 0.25) is 0 Å². The molecule has 0 aliphatic carbocycles. The van der Waals surface area contributed by atoms with Crippen LogP contribution in [0.2, 0.25) is 0 Å². The third-order valence-electron chi connectivity index (χ3n) is 2.00. The van der Waals surface area contributed by atoms with E-state index in [-0.39, 0.29) is 11.6 Å². The first-order valence-corrected chi connectivity index (χ1v) is 6.45. The number of rotatable bonds is 4. The smallest absolute Gasteiger partial charge is 0.469 e. The lowest BCUT2D eigenvalue weighted by Gasteiger charge is -2.14. The maximum Gasteiger partial charge on any atom is 0.573 e. The molecule has 1 aromatic rings. The summed E-state index contributed by atoms with van der Waals surface area (Å²) in [6, 6.07) is 1.12. The first-order valence-electron chi connectivity index (χ1n) is 4.83. The van der Waals surface area contributed by atoms with Gasteiger partial charge in [0.15, 0.2) is 5.75 Å². The maximum absolute atomic E-state index is 12.3. The second-order valence-electron chi connectivity index (χ2n) is 3.32. The molecule has 0 aliphatic rings. The molecule has 0 fully saturated rings. The number of hydrogen-bond donors (Lipinski definition) is 0. The quantitative estimate of drug-likeness (QED) is 0.332. The SMILES string of the molecule is COC(=O)Cc1nc(I)c(CCl)cc1OC(F)(F)F. The molecule has 0 aromatic carbocycles. The minimum atomic E-state index is -4.87. The van der Waals surface area contributed by atoms with E-state index in [2.05, 4.69) is 14.5 Å². The zero-order chi connectivity index (χ0) is 14.6. The monoisotopic (exact) mass is 409 g/mol. The first kappa shape index (κ1) is 16.3. The van der Waals surface area contributed by atoms with Gasteiger partial charge in [-0.25, -0.2) is 4.98 Å². The second-order valence-corrected chi connectivity index (χ2v) is 4.61. The molecule has 19 heavy (non-hydrogen) atoms. The van der Waals surface area contributed by atoms with Crippen LogP contribution >= 0.6 is 34.2 Å². The average molecular weight is 410 g/mol. The van der Waals surface area contributed by atoms with Crippen LogP contribution in [0.3, 0.4) is 0 Å². The molecule has 1 heterocycles. The van der Waals surface area contributed by atoms with Gasteiger partial charge in [0.05, 0.1) is 25.1 Å². The Bertz CT molecular complexity index is 482. The van der Waals surface area contributed by atoms with Crippen LogP contribution in [-0.4, -0.2) is 24.4 Å². The van der Waals surface area contributed by atoms with Crippen LogP contribution in [0.4, 0.5) is 13.2 Å². The van der Waals surface area contributed by atoms with Gasteiger partial charge in [0, 0.05) is 5.56 Å². The summed E-state index contributed by atoms with van der Waals surface area (Å²) >= 11 is 7.40. The van der Waals surface area contributed by atoms with Crippen molar-refractivity contribution in [3.05, 3.63) is 21.0 Å². The Morgan fingerprint density at radius 2 is 2.16 bits per heavy atom. The molecular formula is C10H8ClF3INO3. The third kappa shape index (κ3) is 5.01. The van der Waals surface area contributed by atoms with Crippen molar-refractivity contribution >= 4 is 40.2 Å². The normalized spacial score (nSPS) is 11.3. The molecule has 0 saturated heterocycles. The van der Waals surface area contributed by atoms with E-state index in [4.69, 9.17) is 11.6 Å². The van der Waals surface area contributed by atoms with Crippen molar-refractivity contribution in [2.75, 3.05) is 7.11 Å². The average Bonchev–Trinajstić information content (AvgIpc) is 2.30. The molecular weight excluding hydrogens is 401 g/mol.